The molecule has 1 saturated heterocycles. The Morgan fingerprint density at radius 1 is 1.40 bits per heavy atom. The molecule has 1 aromatic carbocycles. The van der Waals surface area contributed by atoms with E-state index in [0.717, 1.165) is 31.6 Å². The zero-order chi connectivity index (χ0) is 17.6. The molecule has 134 valence electrons. The maximum atomic E-state index is 12.2. The lowest BCUT2D eigenvalue weighted by atomic mass is 10.1. The molecule has 0 unspecified atom stereocenters. The van der Waals surface area contributed by atoms with Crippen molar-refractivity contribution < 1.29 is 14.3 Å². The monoisotopic (exact) mass is 345 g/mol. The number of nitrogens with zero attached hydrogens (tertiary/aromatic N) is 1. The number of ether oxygens (including phenoxy) is 2. The van der Waals surface area contributed by atoms with Crippen LogP contribution in [0.25, 0.3) is 5.69 Å². The molecule has 2 N–H and O–H groups in total. The minimum atomic E-state index is -0.558. The molecule has 1 aliphatic rings. The van der Waals surface area contributed by atoms with Crippen LogP contribution in [0.2, 0.25) is 0 Å². The normalized spacial score (nSPS) is 18.7. The molecule has 0 spiro atoms. The summed E-state index contributed by atoms with van der Waals surface area (Å²) in [5, 5.41) is 2.82. The number of carbonyl (C=O) groups is 1. The van der Waals surface area contributed by atoms with E-state index in [1.165, 1.54) is 4.57 Å². The van der Waals surface area contributed by atoms with Gasteiger partial charge in [0, 0.05) is 24.7 Å². The first-order chi connectivity index (χ1) is 12.1. The lowest BCUT2D eigenvalue weighted by Crippen LogP contribution is -2.32. The van der Waals surface area contributed by atoms with Gasteiger partial charge in [0.15, 0.2) is 0 Å². The summed E-state index contributed by atoms with van der Waals surface area (Å²) in [6.45, 7) is 2.93. The number of aromatic amines is 1. The van der Waals surface area contributed by atoms with Crippen LogP contribution < -0.4 is 11.0 Å². The summed E-state index contributed by atoms with van der Waals surface area (Å²) >= 11 is 0. The van der Waals surface area contributed by atoms with Crippen LogP contribution in [-0.2, 0) is 14.3 Å². The number of hydrogen-bond acceptors (Lipinski definition) is 4. The van der Waals surface area contributed by atoms with Gasteiger partial charge in [-0.3, -0.25) is 9.36 Å². The molecule has 1 aliphatic heterocycles. The number of hydrogen-bond donors (Lipinski definition) is 2. The molecule has 1 fully saturated rings. The Hall–Kier alpha value is -2.38. The van der Waals surface area contributed by atoms with Crippen molar-refractivity contribution in [3.05, 3.63) is 47.1 Å². The van der Waals surface area contributed by atoms with E-state index in [0.29, 0.717) is 12.3 Å². The Bertz CT molecular complexity index is 744. The summed E-state index contributed by atoms with van der Waals surface area (Å²) in [5.74, 6) is -0.206. The van der Waals surface area contributed by atoms with Gasteiger partial charge in [-0.05, 0) is 50.5 Å². The number of anilines is 1. The van der Waals surface area contributed by atoms with E-state index < -0.39 is 6.10 Å². The average molecular weight is 345 g/mol. The zero-order valence-corrected chi connectivity index (χ0v) is 14.2. The second-order valence-electron chi connectivity index (χ2n) is 6.14. The van der Waals surface area contributed by atoms with Crippen molar-refractivity contribution in [1.29, 1.82) is 0 Å². The van der Waals surface area contributed by atoms with E-state index in [2.05, 4.69) is 10.3 Å². The molecule has 25 heavy (non-hydrogen) atoms. The molecule has 1 amide bonds. The highest BCUT2D eigenvalue weighted by atomic mass is 16.5. The molecule has 2 atom stereocenters. The van der Waals surface area contributed by atoms with Crippen molar-refractivity contribution >= 4 is 11.6 Å². The predicted molar refractivity (Wildman–Crippen MR) is 94.0 cm³/mol. The Morgan fingerprint density at radius 3 is 2.84 bits per heavy atom. The number of carbonyl (C=O) groups excluding carboxylic acids is 1. The van der Waals surface area contributed by atoms with Crippen LogP contribution >= 0.6 is 0 Å². The van der Waals surface area contributed by atoms with E-state index in [-0.39, 0.29) is 17.7 Å². The predicted octanol–water partition coefficient (Wildman–Crippen LogP) is 2.08. The van der Waals surface area contributed by atoms with Gasteiger partial charge >= 0.3 is 5.69 Å². The fourth-order valence-corrected chi connectivity index (χ4v) is 2.74. The van der Waals surface area contributed by atoms with Crippen LogP contribution in [0.4, 0.5) is 5.69 Å². The number of benzene rings is 1. The largest absolute Gasteiger partial charge is 0.376 e. The molecule has 1 aromatic heterocycles. The van der Waals surface area contributed by atoms with E-state index in [1.54, 1.807) is 43.6 Å². The standard InChI is InChI=1S/C18H23N3O4/c1-13(25-12-16-4-2-3-11-24-16)17(22)20-14-5-7-15(8-6-14)21-10-9-19-18(21)23/h5-10,13,16H,2-4,11-12H2,1H3,(H,19,23)(H,20,22)/t13-,16-/m0/s1. The van der Waals surface area contributed by atoms with Crippen molar-refractivity contribution in [2.75, 3.05) is 18.5 Å². The highest BCUT2D eigenvalue weighted by molar-refractivity contribution is 5.93. The molecule has 0 bridgehead atoms. The van der Waals surface area contributed by atoms with Gasteiger partial charge in [0.25, 0.3) is 5.91 Å². The van der Waals surface area contributed by atoms with Crippen LogP contribution in [0.1, 0.15) is 26.2 Å². The summed E-state index contributed by atoms with van der Waals surface area (Å²) in [6.07, 6.45) is 5.98. The van der Waals surface area contributed by atoms with Gasteiger partial charge in [0.2, 0.25) is 0 Å². The van der Waals surface area contributed by atoms with E-state index >= 15 is 0 Å². The van der Waals surface area contributed by atoms with Crippen molar-refractivity contribution in [3.63, 3.8) is 0 Å². The Balaban J connectivity index is 1.51. The molecule has 0 aliphatic carbocycles. The lowest BCUT2D eigenvalue weighted by molar-refractivity contribution is -0.130. The first kappa shape index (κ1) is 17.4. The first-order valence-corrected chi connectivity index (χ1v) is 8.54. The van der Waals surface area contributed by atoms with Crippen LogP contribution in [-0.4, -0.2) is 40.9 Å². The first-order valence-electron chi connectivity index (χ1n) is 8.54. The average Bonchev–Trinajstić information content (AvgIpc) is 3.07. The summed E-state index contributed by atoms with van der Waals surface area (Å²) in [5.41, 5.74) is 1.17. The van der Waals surface area contributed by atoms with Gasteiger partial charge < -0.3 is 19.8 Å². The third-order valence-corrected chi connectivity index (χ3v) is 4.24. The van der Waals surface area contributed by atoms with E-state index in [9.17, 15) is 9.59 Å². The number of amides is 1. The van der Waals surface area contributed by atoms with Crippen LogP contribution in [0.5, 0.6) is 0 Å². The molecule has 0 saturated carbocycles. The minimum absolute atomic E-state index is 0.0861. The van der Waals surface area contributed by atoms with Crippen molar-refractivity contribution in [2.45, 2.75) is 38.4 Å². The fraction of sp³-hybridized carbons (Fsp3) is 0.444. The van der Waals surface area contributed by atoms with Gasteiger partial charge in [-0.1, -0.05) is 0 Å². The van der Waals surface area contributed by atoms with E-state index in [4.69, 9.17) is 9.47 Å². The molecule has 0 radical (unpaired) electrons. The highest BCUT2D eigenvalue weighted by Crippen LogP contribution is 2.15. The van der Waals surface area contributed by atoms with Crippen molar-refractivity contribution in [2.24, 2.45) is 0 Å². The van der Waals surface area contributed by atoms with Crippen molar-refractivity contribution in [1.82, 2.24) is 9.55 Å². The van der Waals surface area contributed by atoms with Gasteiger partial charge in [-0.2, -0.15) is 0 Å². The number of rotatable bonds is 6. The number of imidazole rings is 1. The van der Waals surface area contributed by atoms with Gasteiger partial charge in [-0.15, -0.1) is 0 Å². The van der Waals surface area contributed by atoms with Gasteiger partial charge in [-0.25, -0.2) is 4.79 Å². The number of nitrogens with one attached hydrogen (secondary N) is 2. The highest BCUT2D eigenvalue weighted by Gasteiger charge is 2.19. The zero-order valence-electron chi connectivity index (χ0n) is 14.2. The number of H-pyrrole nitrogens is 1. The molecule has 7 heteroatoms. The lowest BCUT2D eigenvalue weighted by Gasteiger charge is -2.23. The summed E-state index contributed by atoms with van der Waals surface area (Å²) < 4.78 is 12.7. The number of aromatic nitrogens is 2. The molecular weight excluding hydrogens is 322 g/mol. The second-order valence-corrected chi connectivity index (χ2v) is 6.14. The third kappa shape index (κ3) is 4.58. The van der Waals surface area contributed by atoms with Gasteiger partial charge in [0.05, 0.1) is 18.4 Å². The maximum absolute atomic E-state index is 12.2. The van der Waals surface area contributed by atoms with E-state index in [1.807, 2.05) is 0 Å². The summed E-state index contributed by atoms with van der Waals surface area (Å²) in [4.78, 5) is 26.4. The molecule has 2 aromatic rings. The summed E-state index contributed by atoms with van der Waals surface area (Å²) in [7, 11) is 0. The third-order valence-electron chi connectivity index (χ3n) is 4.24. The Kier molecular flexibility index (Phi) is 5.67. The SMILES string of the molecule is C[C@H](OC[C@@H]1CCCCO1)C(=O)Nc1ccc(-n2cc[nH]c2=O)cc1. The fourth-order valence-electron chi connectivity index (χ4n) is 2.74. The van der Waals surface area contributed by atoms with Crippen LogP contribution in [0.3, 0.4) is 0 Å². The molecular formula is C18H23N3O4. The van der Waals surface area contributed by atoms with Crippen LogP contribution in [0.15, 0.2) is 41.5 Å². The Morgan fingerprint density at radius 2 is 2.20 bits per heavy atom. The molecule has 3 rings (SSSR count). The van der Waals surface area contributed by atoms with Crippen LogP contribution in [0, 0.1) is 0 Å². The summed E-state index contributed by atoms with van der Waals surface area (Å²) in [6, 6.07) is 7.05. The topological polar surface area (TPSA) is 85.3 Å². The molecule has 2 heterocycles. The Labute approximate surface area is 146 Å². The second kappa shape index (κ2) is 8.13. The maximum Gasteiger partial charge on any atom is 0.330 e. The quantitative estimate of drug-likeness (QED) is 0.839. The van der Waals surface area contributed by atoms with Crippen molar-refractivity contribution in [3.8, 4) is 5.69 Å². The smallest absolute Gasteiger partial charge is 0.330 e. The van der Waals surface area contributed by atoms with Gasteiger partial charge in [0.1, 0.15) is 6.10 Å². The minimum Gasteiger partial charge on any atom is -0.376 e. The molecule has 7 nitrogen and oxygen atoms in total.